The molecule has 0 bridgehead atoms. The molecule has 4 nitrogen and oxygen atoms in total. The first kappa shape index (κ1) is 12.1. The van der Waals surface area contributed by atoms with Gasteiger partial charge in [-0.3, -0.25) is 0 Å². The quantitative estimate of drug-likeness (QED) is 0.667. The molecule has 0 amide bonds. The van der Waals surface area contributed by atoms with Crippen LogP contribution in [0.1, 0.15) is 0 Å². The van der Waals surface area contributed by atoms with Crippen LogP contribution in [0.15, 0.2) is 47.1 Å². The van der Waals surface area contributed by atoms with Crippen molar-refractivity contribution in [1.29, 1.82) is 0 Å². The van der Waals surface area contributed by atoms with Crippen LogP contribution < -0.4 is 0 Å². The van der Waals surface area contributed by atoms with E-state index in [-0.39, 0.29) is 0 Å². The van der Waals surface area contributed by atoms with E-state index in [1.54, 1.807) is 0 Å². The molecule has 0 saturated heterocycles. The predicted molar refractivity (Wildman–Crippen MR) is 73.0 cm³/mol. The van der Waals surface area contributed by atoms with Crippen molar-refractivity contribution in [2.45, 2.75) is 0 Å². The summed E-state index contributed by atoms with van der Waals surface area (Å²) < 4.78 is 5.20. The zero-order valence-electron chi connectivity index (χ0n) is 9.55. The highest BCUT2D eigenvalue weighted by Gasteiger charge is 2.14. The number of aromatic nitrogens is 3. The van der Waals surface area contributed by atoms with Crippen LogP contribution >= 0.6 is 23.2 Å². The number of benzene rings is 1. The fraction of sp³-hybridized carbons (Fsp3) is 0. The summed E-state index contributed by atoms with van der Waals surface area (Å²) in [6.07, 6.45) is 1.51. The third-order valence-corrected chi connectivity index (χ3v) is 3.03. The number of hydrogen-bond acceptors (Lipinski definition) is 4. The number of halogens is 2. The third kappa shape index (κ3) is 2.45. The number of rotatable bonds is 2. The van der Waals surface area contributed by atoms with Gasteiger partial charge in [0.15, 0.2) is 0 Å². The van der Waals surface area contributed by atoms with Crippen molar-refractivity contribution in [2.75, 3.05) is 0 Å². The maximum atomic E-state index is 6.07. The molecule has 0 aliphatic heterocycles. The Morgan fingerprint density at radius 3 is 2.58 bits per heavy atom. The van der Waals surface area contributed by atoms with Crippen LogP contribution in [-0.2, 0) is 0 Å². The Morgan fingerprint density at radius 1 is 1.05 bits per heavy atom. The number of hydrogen-bond donors (Lipinski definition) is 0. The van der Waals surface area contributed by atoms with E-state index in [1.165, 1.54) is 12.3 Å². The molecule has 0 fully saturated rings. The summed E-state index contributed by atoms with van der Waals surface area (Å²) in [5.74, 6) is 0.814. The third-order valence-electron chi connectivity index (χ3n) is 2.51. The minimum Gasteiger partial charge on any atom is -0.333 e. The first-order valence-electron chi connectivity index (χ1n) is 5.44. The first-order chi connectivity index (χ1) is 9.24. The average Bonchev–Trinajstić information content (AvgIpc) is 2.89. The molecule has 3 rings (SSSR count). The molecular weight excluding hydrogens is 285 g/mol. The molecule has 3 aromatic rings. The van der Waals surface area contributed by atoms with Crippen LogP contribution in [0.25, 0.3) is 22.8 Å². The van der Waals surface area contributed by atoms with E-state index < -0.39 is 0 Å². The first-order valence-corrected chi connectivity index (χ1v) is 6.20. The highest BCUT2D eigenvalue weighted by Crippen LogP contribution is 2.29. The molecule has 0 radical (unpaired) electrons. The molecular formula is C13H7Cl2N3O. The lowest BCUT2D eigenvalue weighted by Gasteiger charge is -1.97. The van der Waals surface area contributed by atoms with Gasteiger partial charge in [0.05, 0.1) is 10.6 Å². The van der Waals surface area contributed by atoms with Gasteiger partial charge >= 0.3 is 0 Å². The van der Waals surface area contributed by atoms with Gasteiger partial charge in [-0.25, -0.2) is 4.98 Å². The Kier molecular flexibility index (Phi) is 3.19. The van der Waals surface area contributed by atoms with Crippen molar-refractivity contribution in [3.8, 4) is 22.8 Å². The second-order valence-electron chi connectivity index (χ2n) is 3.78. The minimum atomic E-state index is 0.313. The molecule has 2 aromatic heterocycles. The minimum absolute atomic E-state index is 0.313. The summed E-state index contributed by atoms with van der Waals surface area (Å²) >= 11 is 11.8. The van der Waals surface area contributed by atoms with Crippen LogP contribution in [0.4, 0.5) is 0 Å². The van der Waals surface area contributed by atoms with Crippen LogP contribution in [0.3, 0.4) is 0 Å². The van der Waals surface area contributed by atoms with Crippen LogP contribution in [0.2, 0.25) is 10.2 Å². The van der Waals surface area contributed by atoms with Gasteiger partial charge < -0.3 is 4.52 Å². The lowest BCUT2D eigenvalue weighted by Crippen LogP contribution is -1.84. The zero-order chi connectivity index (χ0) is 13.2. The summed E-state index contributed by atoms with van der Waals surface area (Å²) in [5.41, 5.74) is 1.43. The molecule has 19 heavy (non-hydrogen) atoms. The van der Waals surface area contributed by atoms with Gasteiger partial charge in [0.1, 0.15) is 5.15 Å². The van der Waals surface area contributed by atoms with Gasteiger partial charge in [-0.15, -0.1) is 0 Å². The SMILES string of the molecule is Clc1cc(Cl)c(-c2nc(-c3ccccc3)no2)cn1. The van der Waals surface area contributed by atoms with Crippen molar-refractivity contribution in [3.05, 3.63) is 52.8 Å². The van der Waals surface area contributed by atoms with Gasteiger partial charge in [0, 0.05) is 11.8 Å². The average molecular weight is 292 g/mol. The highest BCUT2D eigenvalue weighted by molar-refractivity contribution is 6.35. The molecule has 2 heterocycles. The van der Waals surface area contributed by atoms with E-state index in [2.05, 4.69) is 15.1 Å². The Bertz CT molecular complexity index is 713. The summed E-state index contributed by atoms with van der Waals surface area (Å²) in [6.45, 7) is 0. The Morgan fingerprint density at radius 2 is 1.84 bits per heavy atom. The van der Waals surface area contributed by atoms with Crippen molar-refractivity contribution in [1.82, 2.24) is 15.1 Å². The molecule has 0 aliphatic carbocycles. The maximum Gasteiger partial charge on any atom is 0.261 e. The molecule has 0 saturated carbocycles. The van der Waals surface area contributed by atoms with E-state index in [0.29, 0.717) is 27.5 Å². The van der Waals surface area contributed by atoms with E-state index in [0.717, 1.165) is 5.56 Å². The fourth-order valence-electron chi connectivity index (χ4n) is 1.60. The highest BCUT2D eigenvalue weighted by atomic mass is 35.5. The van der Waals surface area contributed by atoms with E-state index in [9.17, 15) is 0 Å². The maximum absolute atomic E-state index is 6.07. The molecule has 0 unspecified atom stereocenters. The zero-order valence-corrected chi connectivity index (χ0v) is 11.1. The predicted octanol–water partition coefficient (Wildman–Crippen LogP) is 4.11. The second kappa shape index (κ2) is 4.99. The smallest absolute Gasteiger partial charge is 0.261 e. The molecule has 0 atom stereocenters. The Hall–Kier alpha value is -1.91. The molecule has 6 heteroatoms. The largest absolute Gasteiger partial charge is 0.333 e. The van der Waals surface area contributed by atoms with E-state index >= 15 is 0 Å². The van der Waals surface area contributed by atoms with Crippen molar-refractivity contribution in [2.24, 2.45) is 0 Å². The lowest BCUT2D eigenvalue weighted by molar-refractivity contribution is 0.432. The van der Waals surface area contributed by atoms with Crippen LogP contribution in [-0.4, -0.2) is 15.1 Å². The van der Waals surface area contributed by atoms with E-state index in [1.807, 2.05) is 30.3 Å². The van der Waals surface area contributed by atoms with Crippen molar-refractivity contribution < 1.29 is 4.52 Å². The number of pyridine rings is 1. The fourth-order valence-corrected chi connectivity index (χ4v) is 2.05. The topological polar surface area (TPSA) is 51.8 Å². The van der Waals surface area contributed by atoms with E-state index in [4.69, 9.17) is 27.7 Å². The van der Waals surface area contributed by atoms with Gasteiger partial charge in [-0.05, 0) is 6.07 Å². The molecule has 0 spiro atoms. The molecule has 0 N–H and O–H groups in total. The summed E-state index contributed by atoms with van der Waals surface area (Å²) in [7, 11) is 0. The van der Waals surface area contributed by atoms with Gasteiger partial charge in [0.25, 0.3) is 5.89 Å². The summed E-state index contributed by atoms with van der Waals surface area (Å²) in [5, 5.41) is 4.66. The summed E-state index contributed by atoms with van der Waals surface area (Å²) in [4.78, 5) is 8.25. The second-order valence-corrected chi connectivity index (χ2v) is 4.57. The van der Waals surface area contributed by atoms with Gasteiger partial charge in [-0.1, -0.05) is 58.7 Å². The van der Waals surface area contributed by atoms with Crippen molar-refractivity contribution in [3.63, 3.8) is 0 Å². The monoisotopic (exact) mass is 291 g/mol. The van der Waals surface area contributed by atoms with Gasteiger partial charge in [0.2, 0.25) is 5.82 Å². The Balaban J connectivity index is 2.02. The summed E-state index contributed by atoms with van der Waals surface area (Å²) in [6, 6.07) is 11.1. The molecule has 94 valence electrons. The lowest BCUT2D eigenvalue weighted by atomic mass is 10.2. The normalized spacial score (nSPS) is 10.6. The standard InChI is InChI=1S/C13H7Cl2N3O/c14-10-6-11(15)16-7-9(10)13-17-12(18-19-13)8-4-2-1-3-5-8/h1-7H. The van der Waals surface area contributed by atoms with Crippen LogP contribution in [0, 0.1) is 0 Å². The molecule has 0 aliphatic rings. The van der Waals surface area contributed by atoms with Gasteiger partial charge in [-0.2, -0.15) is 4.98 Å². The van der Waals surface area contributed by atoms with Crippen LogP contribution in [0.5, 0.6) is 0 Å². The van der Waals surface area contributed by atoms with Crippen molar-refractivity contribution >= 4 is 23.2 Å². The number of nitrogens with zero attached hydrogens (tertiary/aromatic N) is 3. The molecule has 1 aromatic carbocycles. The Labute approximate surface area is 119 Å².